The second kappa shape index (κ2) is 6.79. The van der Waals surface area contributed by atoms with Crippen molar-refractivity contribution < 1.29 is 4.74 Å². The van der Waals surface area contributed by atoms with Crippen LogP contribution in [0.15, 0.2) is 39.6 Å². The van der Waals surface area contributed by atoms with Crippen molar-refractivity contribution in [2.45, 2.75) is 6.92 Å². The summed E-state index contributed by atoms with van der Waals surface area (Å²) >= 11 is 0. The highest BCUT2D eigenvalue weighted by Crippen LogP contribution is 2.15. The number of ether oxygens (including phenoxy) is 1. The number of nitrogens with zero attached hydrogens (tertiary/aromatic N) is 4. The third-order valence-electron chi connectivity index (χ3n) is 1.66. The molecule has 0 unspecified atom stereocenters. The molecular formula is C10H12N6O. The number of nitrogens with two attached hydrogens (primary N) is 1. The van der Waals surface area contributed by atoms with Crippen LogP contribution in [0, 0.1) is 11.5 Å². The highest BCUT2D eigenvalue weighted by Gasteiger charge is 1.93. The fourth-order valence-electron chi connectivity index (χ4n) is 1.000. The van der Waals surface area contributed by atoms with Gasteiger partial charge >= 0.3 is 0 Å². The van der Waals surface area contributed by atoms with E-state index in [0.29, 0.717) is 6.61 Å². The first-order valence-corrected chi connectivity index (χ1v) is 4.88. The van der Waals surface area contributed by atoms with Crippen LogP contribution < -0.4 is 15.9 Å². The molecule has 0 aliphatic rings. The SMILES string of the molecule is CCOc1ccc(N/N=N/C(N)=NC#N)cc1. The number of benzene rings is 1. The molecular weight excluding hydrogens is 220 g/mol. The van der Waals surface area contributed by atoms with E-state index in [0.717, 1.165) is 11.4 Å². The summed E-state index contributed by atoms with van der Waals surface area (Å²) in [6, 6.07) is 7.16. The predicted octanol–water partition coefficient (Wildman–Crippen LogP) is 1.66. The van der Waals surface area contributed by atoms with E-state index in [-0.39, 0.29) is 5.96 Å². The Hall–Kier alpha value is -2.62. The van der Waals surface area contributed by atoms with Crippen LogP contribution in [0.3, 0.4) is 0 Å². The minimum atomic E-state index is -0.203. The van der Waals surface area contributed by atoms with Crippen molar-refractivity contribution in [3.8, 4) is 11.9 Å². The first-order valence-electron chi connectivity index (χ1n) is 4.88. The lowest BCUT2D eigenvalue weighted by atomic mass is 10.3. The van der Waals surface area contributed by atoms with Crippen LogP contribution >= 0.6 is 0 Å². The average molecular weight is 232 g/mol. The standard InChI is InChI=1S/C10H12N6O/c1-2-17-9-5-3-8(4-6-9)14-16-15-10(12)13-7-11/h3-6H,2H2,1H3,(H3,12,13,14,15). The second-order valence-corrected chi connectivity index (χ2v) is 2.84. The Morgan fingerprint density at radius 2 is 2.18 bits per heavy atom. The van der Waals surface area contributed by atoms with Crippen LogP contribution in [0.4, 0.5) is 5.69 Å². The summed E-state index contributed by atoms with van der Waals surface area (Å²) in [6.45, 7) is 2.53. The molecule has 1 aromatic rings. The zero-order valence-electron chi connectivity index (χ0n) is 9.29. The number of rotatable bonds is 4. The zero-order chi connectivity index (χ0) is 12.5. The number of nitriles is 1. The Morgan fingerprint density at radius 1 is 1.47 bits per heavy atom. The van der Waals surface area contributed by atoms with Crippen LogP contribution in [0.5, 0.6) is 5.75 Å². The van der Waals surface area contributed by atoms with Crippen molar-refractivity contribution in [3.63, 3.8) is 0 Å². The molecule has 0 bridgehead atoms. The topological polar surface area (TPSA) is 108 Å². The molecule has 0 aliphatic carbocycles. The van der Waals surface area contributed by atoms with Gasteiger partial charge in [-0.15, -0.1) is 4.99 Å². The molecule has 0 fully saturated rings. The first kappa shape index (κ1) is 12.4. The van der Waals surface area contributed by atoms with Crippen molar-refractivity contribution in [1.82, 2.24) is 0 Å². The van der Waals surface area contributed by atoms with Crippen LogP contribution in [0.2, 0.25) is 0 Å². The lowest BCUT2D eigenvalue weighted by Crippen LogP contribution is -2.07. The van der Waals surface area contributed by atoms with Gasteiger partial charge in [-0.25, -0.2) is 0 Å². The molecule has 0 amide bonds. The van der Waals surface area contributed by atoms with Crippen LogP contribution in [-0.2, 0) is 0 Å². The predicted molar refractivity (Wildman–Crippen MR) is 63.3 cm³/mol. The minimum Gasteiger partial charge on any atom is -0.494 e. The number of guanidine groups is 1. The molecule has 0 saturated heterocycles. The normalized spacial score (nSPS) is 11.2. The highest BCUT2D eigenvalue weighted by molar-refractivity contribution is 5.79. The monoisotopic (exact) mass is 232 g/mol. The summed E-state index contributed by atoms with van der Waals surface area (Å²) in [6.07, 6.45) is 1.50. The molecule has 0 aliphatic heterocycles. The minimum absolute atomic E-state index is 0.203. The van der Waals surface area contributed by atoms with Crippen LogP contribution in [0.1, 0.15) is 6.92 Å². The van der Waals surface area contributed by atoms with E-state index in [2.05, 4.69) is 20.8 Å². The van der Waals surface area contributed by atoms with Gasteiger partial charge in [-0.1, -0.05) is 10.3 Å². The molecule has 7 heteroatoms. The third kappa shape index (κ3) is 4.61. The largest absolute Gasteiger partial charge is 0.494 e. The van der Waals surface area contributed by atoms with Gasteiger partial charge in [0.05, 0.1) is 12.3 Å². The van der Waals surface area contributed by atoms with Gasteiger partial charge in [-0.2, -0.15) is 5.26 Å². The zero-order valence-corrected chi connectivity index (χ0v) is 9.29. The van der Waals surface area contributed by atoms with Gasteiger partial charge < -0.3 is 10.5 Å². The lowest BCUT2D eigenvalue weighted by Gasteiger charge is -2.03. The summed E-state index contributed by atoms with van der Waals surface area (Å²) in [5, 5.41) is 15.2. The molecule has 88 valence electrons. The molecule has 0 atom stereocenters. The van der Waals surface area contributed by atoms with E-state index >= 15 is 0 Å². The van der Waals surface area contributed by atoms with E-state index in [9.17, 15) is 0 Å². The fourth-order valence-corrected chi connectivity index (χ4v) is 1.000. The maximum absolute atomic E-state index is 8.18. The fraction of sp³-hybridized carbons (Fsp3) is 0.200. The maximum Gasteiger partial charge on any atom is 0.252 e. The summed E-state index contributed by atoms with van der Waals surface area (Å²) in [4.78, 5) is 3.17. The quantitative estimate of drug-likeness (QED) is 0.270. The highest BCUT2D eigenvalue weighted by atomic mass is 16.5. The number of anilines is 1. The number of hydrogen-bond acceptors (Lipinski definition) is 4. The Bertz CT molecular complexity index is 445. The van der Waals surface area contributed by atoms with E-state index in [4.69, 9.17) is 15.7 Å². The molecule has 17 heavy (non-hydrogen) atoms. The number of aliphatic imine (C=N–C) groups is 1. The second-order valence-electron chi connectivity index (χ2n) is 2.84. The van der Waals surface area contributed by atoms with Gasteiger partial charge in [0, 0.05) is 0 Å². The molecule has 0 spiro atoms. The Balaban J connectivity index is 2.53. The van der Waals surface area contributed by atoms with Crippen molar-refractivity contribution in [3.05, 3.63) is 24.3 Å². The van der Waals surface area contributed by atoms with Crippen molar-refractivity contribution in [2.24, 2.45) is 21.1 Å². The summed E-state index contributed by atoms with van der Waals surface area (Å²) < 4.78 is 5.28. The van der Waals surface area contributed by atoms with E-state index in [1.807, 2.05) is 6.92 Å². The number of nitrogens with one attached hydrogen (secondary N) is 1. The number of hydrogen-bond donors (Lipinski definition) is 2. The summed E-state index contributed by atoms with van der Waals surface area (Å²) in [7, 11) is 0. The third-order valence-corrected chi connectivity index (χ3v) is 1.66. The molecule has 0 heterocycles. The molecule has 0 aromatic heterocycles. The Labute approximate surface area is 98.6 Å². The van der Waals surface area contributed by atoms with E-state index in [1.165, 1.54) is 6.19 Å². The van der Waals surface area contributed by atoms with Gasteiger partial charge in [-0.3, -0.25) is 5.43 Å². The van der Waals surface area contributed by atoms with Crippen molar-refractivity contribution in [2.75, 3.05) is 12.0 Å². The first-order chi connectivity index (χ1) is 8.26. The van der Waals surface area contributed by atoms with Crippen LogP contribution in [0.25, 0.3) is 0 Å². The van der Waals surface area contributed by atoms with Gasteiger partial charge in [0.1, 0.15) is 5.75 Å². The maximum atomic E-state index is 8.18. The average Bonchev–Trinajstić information content (AvgIpc) is 2.32. The lowest BCUT2D eigenvalue weighted by molar-refractivity contribution is 0.340. The van der Waals surface area contributed by atoms with Crippen LogP contribution in [-0.4, -0.2) is 12.6 Å². The molecule has 0 saturated carbocycles. The molecule has 0 radical (unpaired) electrons. The van der Waals surface area contributed by atoms with Gasteiger partial charge in [0.2, 0.25) is 6.19 Å². The molecule has 1 rings (SSSR count). The smallest absolute Gasteiger partial charge is 0.252 e. The summed E-state index contributed by atoms with van der Waals surface area (Å²) in [5.41, 5.74) is 8.58. The summed E-state index contributed by atoms with van der Waals surface area (Å²) in [5.74, 6) is 0.575. The van der Waals surface area contributed by atoms with Crippen molar-refractivity contribution >= 4 is 11.6 Å². The molecule has 7 nitrogen and oxygen atoms in total. The van der Waals surface area contributed by atoms with Crippen molar-refractivity contribution in [1.29, 1.82) is 5.26 Å². The Kier molecular flexibility index (Phi) is 4.97. The van der Waals surface area contributed by atoms with Gasteiger partial charge in [0.15, 0.2) is 0 Å². The molecule has 1 aromatic carbocycles. The van der Waals surface area contributed by atoms with E-state index < -0.39 is 0 Å². The van der Waals surface area contributed by atoms with Gasteiger partial charge in [0.25, 0.3) is 5.96 Å². The molecule has 3 N–H and O–H groups in total. The van der Waals surface area contributed by atoms with E-state index in [1.54, 1.807) is 24.3 Å². The Morgan fingerprint density at radius 3 is 2.76 bits per heavy atom. The van der Waals surface area contributed by atoms with Gasteiger partial charge in [-0.05, 0) is 31.2 Å².